The number of ether oxygens (including phenoxy) is 2. The number of aryl methyl sites for hydroxylation is 5. The second-order valence-electron chi connectivity index (χ2n) is 18.5. The average Bonchev–Trinajstić information content (AvgIpc) is 3.47. The van der Waals surface area contributed by atoms with Gasteiger partial charge in [0.2, 0.25) is 0 Å². The van der Waals surface area contributed by atoms with Crippen molar-refractivity contribution in [1.82, 2.24) is 0 Å². The van der Waals surface area contributed by atoms with Crippen LogP contribution in [0.1, 0.15) is 77.5 Å². The third kappa shape index (κ3) is 6.08. The first-order valence-electron chi connectivity index (χ1n) is 22.0. The van der Waals surface area contributed by atoms with E-state index in [4.69, 9.17) is 14.1 Å². The van der Waals surface area contributed by atoms with Gasteiger partial charge in [0.25, 0.3) is 12.3 Å². The lowest BCUT2D eigenvalue weighted by molar-refractivity contribution is -0.145. The summed E-state index contributed by atoms with van der Waals surface area (Å²) >= 11 is 0. The number of allylic oxidation sites excluding steroid dienone is 4. The average molecular weight is 965 g/mol. The van der Waals surface area contributed by atoms with E-state index in [1.807, 2.05) is 25.1 Å². The number of halogens is 10. The smallest absolute Gasteiger partial charge is 0.324 e. The number of methoxy groups -OCH3 is 2. The third-order valence-corrected chi connectivity index (χ3v) is 19.8. The van der Waals surface area contributed by atoms with E-state index >= 15 is 48.7 Å². The Morgan fingerprint density at radius 3 is 1.66 bits per heavy atom. The van der Waals surface area contributed by atoms with Crippen molar-refractivity contribution in [3.05, 3.63) is 185 Å². The molecule has 0 spiro atoms. The van der Waals surface area contributed by atoms with Gasteiger partial charge in [0.15, 0.2) is 45.6 Å². The molecular formula is C52H44BF10O4P. The van der Waals surface area contributed by atoms with E-state index in [0.717, 1.165) is 19.8 Å². The Hall–Kier alpha value is -5.82. The van der Waals surface area contributed by atoms with E-state index in [0.29, 0.717) is 68.8 Å². The maximum absolute atomic E-state index is 17.4. The highest BCUT2D eigenvalue weighted by Crippen LogP contribution is 2.84. The summed E-state index contributed by atoms with van der Waals surface area (Å²) in [5.74, 6) is -29.6. The molecule has 0 saturated heterocycles. The van der Waals surface area contributed by atoms with Crippen LogP contribution in [0.5, 0.6) is 0 Å². The number of hydrogen-bond acceptors (Lipinski definition) is 4. The molecule has 0 aromatic heterocycles. The lowest BCUT2D eigenvalue weighted by atomic mass is 9.26. The highest BCUT2D eigenvalue weighted by atomic mass is 31.2. The zero-order valence-electron chi connectivity index (χ0n) is 38.2. The topological polar surface area (TPSA) is 44.8 Å². The van der Waals surface area contributed by atoms with E-state index in [1.54, 1.807) is 64.1 Å². The predicted octanol–water partition coefficient (Wildman–Crippen LogP) is 11.3. The molecule has 0 bridgehead atoms. The molecule has 2 aliphatic carbocycles. The first-order chi connectivity index (χ1) is 32.2. The van der Waals surface area contributed by atoms with E-state index in [2.05, 4.69) is 0 Å². The number of carbonyl (C=O) groups is 1. The zero-order valence-corrected chi connectivity index (χ0v) is 39.1. The second-order valence-corrected chi connectivity index (χ2v) is 21.6. The molecule has 1 fully saturated rings. The van der Waals surface area contributed by atoms with Crippen molar-refractivity contribution < 1.29 is 62.8 Å². The molecule has 2 aliphatic heterocycles. The van der Waals surface area contributed by atoms with Gasteiger partial charge in [-0.3, -0.25) is 4.79 Å². The van der Waals surface area contributed by atoms with Crippen LogP contribution >= 0.6 is 7.26 Å². The number of rotatable bonds is 6. The van der Waals surface area contributed by atoms with Gasteiger partial charge in [-0.25, -0.2) is 43.9 Å². The molecule has 16 heteroatoms. The van der Waals surface area contributed by atoms with Gasteiger partial charge in [-0.05, 0) is 94.5 Å². The van der Waals surface area contributed by atoms with Gasteiger partial charge in [-0.1, -0.05) is 83.1 Å². The van der Waals surface area contributed by atoms with Crippen molar-refractivity contribution in [2.75, 3.05) is 14.2 Å². The summed E-state index contributed by atoms with van der Waals surface area (Å²) in [4.78, 5) is 15.1. The van der Waals surface area contributed by atoms with Crippen LogP contribution in [0.15, 0.2) is 88.3 Å². The quantitative estimate of drug-likeness (QED) is 0.0425. The molecule has 0 amide bonds. The summed E-state index contributed by atoms with van der Waals surface area (Å²) in [6.45, 7) is 10.5. The monoisotopic (exact) mass is 964 g/mol. The van der Waals surface area contributed by atoms with Gasteiger partial charge in [-0.2, -0.15) is 0 Å². The van der Waals surface area contributed by atoms with E-state index < -0.39 is 117 Å². The summed E-state index contributed by atoms with van der Waals surface area (Å²) < 4.78 is 184. The molecule has 4 nitrogen and oxygen atoms in total. The van der Waals surface area contributed by atoms with Crippen molar-refractivity contribution in [1.29, 1.82) is 0 Å². The van der Waals surface area contributed by atoms with Crippen molar-refractivity contribution in [3.63, 3.8) is 0 Å². The van der Waals surface area contributed by atoms with Crippen LogP contribution in [0.2, 0.25) is 0 Å². The Kier molecular flexibility index (Phi) is 11.4. The molecule has 5 aromatic carbocycles. The fourth-order valence-corrected chi connectivity index (χ4v) is 18.8. The molecule has 1 unspecified atom stereocenters. The molecule has 68 heavy (non-hydrogen) atoms. The van der Waals surface area contributed by atoms with Gasteiger partial charge in [0, 0.05) is 11.5 Å². The lowest BCUT2D eigenvalue weighted by Gasteiger charge is -2.49. The summed E-state index contributed by atoms with van der Waals surface area (Å²) in [6, 6.07) is 15.9. The van der Waals surface area contributed by atoms with Gasteiger partial charge < -0.3 is 14.1 Å². The fourth-order valence-electron chi connectivity index (χ4n) is 12.4. The molecule has 4 aliphatic rings. The summed E-state index contributed by atoms with van der Waals surface area (Å²) in [7, 11) is -2.07. The van der Waals surface area contributed by atoms with Crippen LogP contribution in [-0.2, 0) is 24.3 Å². The van der Waals surface area contributed by atoms with Crippen LogP contribution in [0.4, 0.5) is 43.9 Å². The first kappa shape index (κ1) is 47.3. The van der Waals surface area contributed by atoms with Crippen LogP contribution in [0.25, 0.3) is 0 Å². The summed E-state index contributed by atoms with van der Waals surface area (Å²) in [5.41, 5.74) is -2.04. The van der Waals surface area contributed by atoms with Crippen LogP contribution in [0.3, 0.4) is 0 Å². The molecule has 4 atom stereocenters. The predicted molar refractivity (Wildman–Crippen MR) is 241 cm³/mol. The number of benzene rings is 5. The van der Waals surface area contributed by atoms with Crippen molar-refractivity contribution >= 4 is 41.1 Å². The summed E-state index contributed by atoms with van der Waals surface area (Å²) in [5, 5.41) is 0.983. The molecule has 1 saturated carbocycles. The van der Waals surface area contributed by atoms with Gasteiger partial charge in [0.05, 0.1) is 19.5 Å². The highest BCUT2D eigenvalue weighted by molar-refractivity contribution is 7.97. The molecule has 0 N–H and O–H groups in total. The number of carbonyl (C=O) groups excluding carboxylic acids is 1. The molecule has 2 heterocycles. The second kappa shape index (κ2) is 16.4. The van der Waals surface area contributed by atoms with Gasteiger partial charge in [-0.15, -0.1) is 11.5 Å². The number of esters is 1. The SMILES string of the molecule is COC(=O)[C@@]1(C)C2=C(OC)O[B-](c3c(F)c(F)c(F)c(F)c3F)(c3c(F)c(F)c(F)c(F)c3F)C3=C[C@@H](c4ccccc4)[C@H]4CCCCC4=C3[P+]2(c2c(C)cc(C)cc2C)c2c(C)cc(C)cc21. The molecule has 0 radical (unpaired) electrons. The lowest BCUT2D eigenvalue weighted by Crippen LogP contribution is -2.68. The standard InChI is InChI=1S/C52H44BF10O4P/c1-23-18-25(3)46(26(4)19-23)68-47-27(5)20-24(2)21-32(47)52(6,51(64)66-8)49(68)50(65-7)67-53(34-36(54)40(58)44(62)41(59)37(34)55,35-38(56)42(60)45(63)43(61)39(35)57)33-22-31(28-14-10-9-11-15-28)29-16-12-13-17-30(29)48(33)68/h9-11,14-15,18-22,29,31H,12-13,16-17H2,1-8H3/t29-,31-,52+,68?/m0/s1. The summed E-state index contributed by atoms with van der Waals surface area (Å²) in [6.07, 6.45) is -2.10. The minimum Gasteiger partial charge on any atom is -0.673 e. The zero-order chi connectivity index (χ0) is 49.3. The van der Waals surface area contributed by atoms with E-state index in [1.165, 1.54) is 13.0 Å². The normalized spacial score (nSPS) is 22.7. The molecule has 9 rings (SSSR count). The number of fused-ring (bicyclic) bond motifs is 6. The van der Waals surface area contributed by atoms with Gasteiger partial charge >= 0.3 is 5.97 Å². The van der Waals surface area contributed by atoms with Gasteiger partial charge in [0.1, 0.15) is 41.1 Å². The Morgan fingerprint density at radius 1 is 0.676 bits per heavy atom. The minimum absolute atomic E-state index is 0.0696. The maximum Gasteiger partial charge on any atom is 0.324 e. The fraction of sp³-hybridized carbons (Fsp3) is 0.288. The molecular weight excluding hydrogens is 920 g/mol. The largest absolute Gasteiger partial charge is 0.673 e. The third-order valence-electron chi connectivity index (χ3n) is 14.6. The van der Waals surface area contributed by atoms with E-state index in [9.17, 15) is 0 Å². The Bertz CT molecular complexity index is 3000. The first-order valence-corrected chi connectivity index (χ1v) is 23.8. The van der Waals surface area contributed by atoms with Crippen LogP contribution in [0, 0.1) is 98.7 Å². The number of hydrogen-bond donors (Lipinski definition) is 0. The van der Waals surface area contributed by atoms with Crippen molar-refractivity contribution in [2.24, 2.45) is 5.92 Å². The Labute approximate surface area is 387 Å². The minimum atomic E-state index is -5.22. The molecule has 354 valence electrons. The van der Waals surface area contributed by atoms with Crippen molar-refractivity contribution in [2.45, 2.75) is 78.6 Å². The van der Waals surface area contributed by atoms with Crippen LogP contribution in [-0.4, -0.2) is 26.5 Å². The van der Waals surface area contributed by atoms with E-state index in [-0.39, 0.29) is 17.0 Å². The van der Waals surface area contributed by atoms with Crippen LogP contribution < -0.4 is 21.5 Å². The Balaban J connectivity index is 1.69. The Morgan fingerprint density at radius 2 is 1.16 bits per heavy atom. The van der Waals surface area contributed by atoms with Crippen molar-refractivity contribution in [3.8, 4) is 0 Å². The molecule has 5 aromatic rings. The maximum atomic E-state index is 17.4. The highest BCUT2D eigenvalue weighted by Gasteiger charge is 2.75.